The van der Waals surface area contributed by atoms with E-state index in [2.05, 4.69) is 12.1 Å². The van der Waals surface area contributed by atoms with Crippen molar-refractivity contribution in [1.82, 2.24) is 4.90 Å². The Morgan fingerprint density at radius 3 is 2.62 bits per heavy atom. The highest BCUT2D eigenvalue weighted by molar-refractivity contribution is 6.30. The van der Waals surface area contributed by atoms with Crippen LogP contribution in [0.2, 0.25) is 5.02 Å². The first-order valence-electron chi connectivity index (χ1n) is 10.3. The first-order chi connectivity index (χ1) is 15.4. The van der Waals surface area contributed by atoms with Gasteiger partial charge < -0.3 is 14.4 Å². The number of aryl methyl sites for hydroxylation is 1. The van der Waals surface area contributed by atoms with Gasteiger partial charge in [0.05, 0.1) is 19.6 Å². The summed E-state index contributed by atoms with van der Waals surface area (Å²) >= 11 is 6.08. The average Bonchev–Trinajstić information content (AvgIpc) is 3.02. The number of carbonyl (C=O) groups excluding carboxylic acids is 2. The van der Waals surface area contributed by atoms with Crippen LogP contribution in [0.3, 0.4) is 0 Å². The quantitative estimate of drug-likeness (QED) is 0.461. The number of rotatable bonds is 6. The minimum Gasteiger partial charge on any atom is -0.489 e. The second-order valence-electron chi connectivity index (χ2n) is 7.91. The summed E-state index contributed by atoms with van der Waals surface area (Å²) in [5.41, 5.74) is 5.72. The van der Waals surface area contributed by atoms with Gasteiger partial charge in [0.2, 0.25) is 0 Å². The van der Waals surface area contributed by atoms with Gasteiger partial charge in [0, 0.05) is 17.6 Å². The molecule has 0 unspecified atom stereocenters. The van der Waals surface area contributed by atoms with Crippen molar-refractivity contribution in [3.05, 3.63) is 87.9 Å². The van der Waals surface area contributed by atoms with Crippen LogP contribution in [0, 0.1) is 6.92 Å². The van der Waals surface area contributed by atoms with Gasteiger partial charge in [0.15, 0.2) is 0 Å². The van der Waals surface area contributed by atoms with E-state index < -0.39 is 0 Å². The number of esters is 1. The molecule has 0 N–H and O–H groups in total. The number of nitrogens with zero attached hydrogens (tertiary/aromatic N) is 1. The number of hydrogen-bond acceptors (Lipinski definition) is 4. The van der Waals surface area contributed by atoms with Gasteiger partial charge >= 0.3 is 5.97 Å². The minimum atomic E-state index is -0.348. The van der Waals surface area contributed by atoms with Crippen LogP contribution >= 0.6 is 11.6 Å². The third-order valence-corrected chi connectivity index (χ3v) is 6.06. The van der Waals surface area contributed by atoms with E-state index in [1.807, 2.05) is 49.4 Å². The molecule has 4 rings (SSSR count). The highest BCUT2D eigenvalue weighted by atomic mass is 35.5. The molecular weight excluding hydrogens is 426 g/mol. The Kier molecular flexibility index (Phi) is 6.19. The summed E-state index contributed by atoms with van der Waals surface area (Å²) in [7, 11) is 3.04. The number of carbonyl (C=O) groups is 2. The van der Waals surface area contributed by atoms with Gasteiger partial charge in [0.25, 0.3) is 5.91 Å². The first kappa shape index (κ1) is 21.9. The molecule has 5 nitrogen and oxygen atoms in total. The number of halogens is 1. The number of ether oxygens (including phenoxy) is 2. The van der Waals surface area contributed by atoms with E-state index in [4.69, 9.17) is 21.1 Å². The predicted octanol–water partition coefficient (Wildman–Crippen LogP) is 5.58. The molecular formula is C26H24ClNO4. The number of methoxy groups -OCH3 is 1. The zero-order chi connectivity index (χ0) is 22.8. The maximum absolute atomic E-state index is 12.7. The van der Waals surface area contributed by atoms with Crippen LogP contribution in [-0.4, -0.2) is 30.9 Å². The van der Waals surface area contributed by atoms with Gasteiger partial charge in [-0.2, -0.15) is 0 Å². The van der Waals surface area contributed by atoms with Crippen LogP contribution in [0.15, 0.2) is 60.7 Å². The van der Waals surface area contributed by atoms with Crippen LogP contribution in [0.1, 0.15) is 39.5 Å². The molecule has 0 aromatic heterocycles. The zero-order valence-corrected chi connectivity index (χ0v) is 19.0. The maximum Gasteiger partial charge on any atom is 0.307 e. The summed E-state index contributed by atoms with van der Waals surface area (Å²) in [6.45, 7) is 2.41. The molecule has 1 aliphatic heterocycles. The molecule has 0 fully saturated rings. The summed E-state index contributed by atoms with van der Waals surface area (Å²) in [5, 5.41) is 0.719. The lowest BCUT2D eigenvalue weighted by atomic mass is 9.99. The number of fused-ring (bicyclic) bond motifs is 1. The van der Waals surface area contributed by atoms with E-state index in [-0.39, 0.29) is 24.3 Å². The molecule has 0 saturated carbocycles. The van der Waals surface area contributed by atoms with Gasteiger partial charge in [-0.25, -0.2) is 0 Å². The van der Waals surface area contributed by atoms with Crippen molar-refractivity contribution in [3.63, 3.8) is 0 Å². The van der Waals surface area contributed by atoms with Crippen LogP contribution < -0.4 is 4.74 Å². The zero-order valence-electron chi connectivity index (χ0n) is 18.2. The van der Waals surface area contributed by atoms with Crippen LogP contribution in [0.5, 0.6) is 5.75 Å². The van der Waals surface area contributed by atoms with Gasteiger partial charge in [-0.15, -0.1) is 0 Å². The second-order valence-corrected chi connectivity index (χ2v) is 8.35. The fourth-order valence-electron chi connectivity index (χ4n) is 4.08. The third kappa shape index (κ3) is 4.34. The molecule has 0 saturated heterocycles. The van der Waals surface area contributed by atoms with Crippen molar-refractivity contribution in [2.24, 2.45) is 0 Å². The molecule has 6 heteroatoms. The third-order valence-electron chi connectivity index (χ3n) is 5.82. The first-order valence-corrected chi connectivity index (χ1v) is 10.7. The fraction of sp³-hybridized carbons (Fsp3) is 0.231. The largest absolute Gasteiger partial charge is 0.489 e. The number of amides is 1. The Morgan fingerprint density at radius 2 is 1.88 bits per heavy atom. The molecule has 32 heavy (non-hydrogen) atoms. The van der Waals surface area contributed by atoms with E-state index in [1.165, 1.54) is 7.11 Å². The smallest absolute Gasteiger partial charge is 0.307 e. The van der Waals surface area contributed by atoms with Crippen molar-refractivity contribution in [3.8, 4) is 16.9 Å². The molecule has 3 aromatic carbocycles. The van der Waals surface area contributed by atoms with Crippen molar-refractivity contribution < 1.29 is 19.1 Å². The number of hydrogen-bond donors (Lipinski definition) is 0. The van der Waals surface area contributed by atoms with Crippen molar-refractivity contribution in [2.45, 2.75) is 26.0 Å². The fourth-order valence-corrected chi connectivity index (χ4v) is 4.30. The van der Waals surface area contributed by atoms with E-state index in [1.54, 1.807) is 18.0 Å². The summed E-state index contributed by atoms with van der Waals surface area (Å²) in [6, 6.07) is 19.1. The molecule has 1 heterocycles. The summed E-state index contributed by atoms with van der Waals surface area (Å²) < 4.78 is 10.8. The SMILES string of the molecule is COC(=O)C[C@@H]1c2ccc(OCc3cccc(-c4ccc(Cl)cc4C)c3)cc2C(=O)N1C. The average molecular weight is 450 g/mol. The molecule has 1 atom stereocenters. The van der Waals surface area contributed by atoms with E-state index in [0.717, 1.165) is 32.8 Å². The molecule has 0 spiro atoms. The van der Waals surface area contributed by atoms with Gasteiger partial charge in [-0.05, 0) is 65.1 Å². The Labute approximate surface area is 192 Å². The summed E-state index contributed by atoms with van der Waals surface area (Å²) in [6.07, 6.45) is 0.128. The molecule has 0 aliphatic carbocycles. The predicted molar refractivity (Wildman–Crippen MR) is 124 cm³/mol. The Balaban J connectivity index is 1.51. The molecule has 3 aromatic rings. The van der Waals surface area contributed by atoms with E-state index >= 15 is 0 Å². The van der Waals surface area contributed by atoms with Crippen LogP contribution in [0.4, 0.5) is 0 Å². The molecule has 1 amide bonds. The van der Waals surface area contributed by atoms with Gasteiger partial charge in [-0.1, -0.05) is 41.9 Å². The summed E-state index contributed by atoms with van der Waals surface area (Å²) in [4.78, 5) is 26.0. The topological polar surface area (TPSA) is 55.8 Å². The highest BCUT2D eigenvalue weighted by Crippen LogP contribution is 2.37. The lowest BCUT2D eigenvalue weighted by Gasteiger charge is -2.19. The Bertz CT molecular complexity index is 1190. The Morgan fingerprint density at radius 1 is 1.06 bits per heavy atom. The van der Waals surface area contributed by atoms with Crippen molar-refractivity contribution >= 4 is 23.5 Å². The Hall–Kier alpha value is -3.31. The molecule has 0 bridgehead atoms. The van der Waals surface area contributed by atoms with E-state index in [0.29, 0.717) is 17.9 Å². The molecule has 1 aliphatic rings. The summed E-state index contributed by atoms with van der Waals surface area (Å²) in [5.74, 6) is 0.135. The van der Waals surface area contributed by atoms with Crippen molar-refractivity contribution in [1.29, 1.82) is 0 Å². The standard InChI is InChI=1S/C26H24ClNO4/c1-16-11-19(27)7-9-21(16)18-6-4-5-17(12-18)15-32-20-8-10-22-23(13-20)26(30)28(2)24(22)14-25(29)31-3/h4-13,24H,14-15H2,1-3H3/t24-/m1/s1. The van der Waals surface area contributed by atoms with Crippen LogP contribution in [0.25, 0.3) is 11.1 Å². The van der Waals surface area contributed by atoms with Crippen LogP contribution in [-0.2, 0) is 16.1 Å². The molecule has 164 valence electrons. The maximum atomic E-state index is 12.7. The highest BCUT2D eigenvalue weighted by Gasteiger charge is 2.36. The second kappa shape index (κ2) is 9.05. The normalized spacial score (nSPS) is 14.9. The molecule has 0 radical (unpaired) electrons. The lowest BCUT2D eigenvalue weighted by molar-refractivity contribution is -0.141. The number of benzene rings is 3. The monoisotopic (exact) mass is 449 g/mol. The van der Waals surface area contributed by atoms with E-state index in [9.17, 15) is 9.59 Å². The van der Waals surface area contributed by atoms with Gasteiger partial charge in [-0.3, -0.25) is 9.59 Å². The lowest BCUT2D eigenvalue weighted by Crippen LogP contribution is -2.25. The van der Waals surface area contributed by atoms with Crippen molar-refractivity contribution in [2.75, 3.05) is 14.2 Å². The minimum absolute atomic E-state index is 0.125. The van der Waals surface area contributed by atoms with Gasteiger partial charge in [0.1, 0.15) is 12.4 Å².